The lowest BCUT2D eigenvalue weighted by Gasteiger charge is -2.31. The summed E-state index contributed by atoms with van der Waals surface area (Å²) in [5.74, 6) is 0.773. The van der Waals surface area contributed by atoms with Crippen LogP contribution in [0, 0.1) is 11.7 Å². The van der Waals surface area contributed by atoms with E-state index in [1.807, 2.05) is 29.2 Å². The first-order valence-electron chi connectivity index (χ1n) is 9.66. The maximum Gasteiger partial charge on any atom is 0.226 e. The molecule has 0 unspecified atom stereocenters. The molecule has 1 saturated carbocycles. The van der Waals surface area contributed by atoms with Crippen molar-refractivity contribution >= 4 is 17.0 Å². The molecule has 3 aromatic rings. The van der Waals surface area contributed by atoms with Gasteiger partial charge in [-0.15, -0.1) is 0 Å². The molecule has 0 N–H and O–H groups in total. The van der Waals surface area contributed by atoms with E-state index in [1.165, 1.54) is 6.07 Å². The van der Waals surface area contributed by atoms with Gasteiger partial charge in [0.15, 0.2) is 5.58 Å². The molecule has 2 aromatic carbocycles. The Balaban J connectivity index is 1.47. The van der Waals surface area contributed by atoms with Crippen molar-refractivity contribution < 1.29 is 13.6 Å². The van der Waals surface area contributed by atoms with Crippen LogP contribution in [0.3, 0.4) is 0 Å². The van der Waals surface area contributed by atoms with Gasteiger partial charge < -0.3 is 9.32 Å². The van der Waals surface area contributed by atoms with Gasteiger partial charge in [0.05, 0.1) is 0 Å². The topological polar surface area (TPSA) is 46.3 Å². The van der Waals surface area contributed by atoms with Crippen molar-refractivity contribution in [1.82, 2.24) is 9.88 Å². The van der Waals surface area contributed by atoms with Crippen molar-refractivity contribution in [3.05, 3.63) is 54.2 Å². The van der Waals surface area contributed by atoms with Crippen LogP contribution in [0.15, 0.2) is 46.9 Å². The molecule has 1 aromatic heterocycles. The first kappa shape index (κ1) is 16.5. The van der Waals surface area contributed by atoms with E-state index < -0.39 is 0 Å². The molecule has 5 heteroatoms. The van der Waals surface area contributed by atoms with Crippen molar-refractivity contribution in [2.24, 2.45) is 5.92 Å². The molecule has 2 fully saturated rings. The van der Waals surface area contributed by atoms with Gasteiger partial charge in [-0.05, 0) is 49.4 Å². The van der Waals surface area contributed by atoms with Crippen molar-refractivity contribution in [2.75, 3.05) is 6.54 Å². The van der Waals surface area contributed by atoms with E-state index in [0.717, 1.165) is 44.2 Å². The van der Waals surface area contributed by atoms with E-state index in [1.54, 1.807) is 12.1 Å². The average molecular weight is 364 g/mol. The molecule has 27 heavy (non-hydrogen) atoms. The fourth-order valence-corrected chi connectivity index (χ4v) is 4.13. The van der Waals surface area contributed by atoms with Gasteiger partial charge in [0, 0.05) is 18.0 Å². The van der Waals surface area contributed by atoms with Crippen LogP contribution in [-0.4, -0.2) is 22.3 Å². The second-order valence-corrected chi connectivity index (χ2v) is 7.53. The normalized spacial score (nSPS) is 20.2. The molecule has 1 aliphatic heterocycles. The third-order valence-electron chi connectivity index (χ3n) is 5.86. The summed E-state index contributed by atoms with van der Waals surface area (Å²) in [5, 5.41) is 0. The van der Waals surface area contributed by atoms with Gasteiger partial charge in [0.2, 0.25) is 11.8 Å². The molecule has 2 aliphatic rings. The number of rotatable bonds is 3. The minimum atomic E-state index is -0.256. The van der Waals surface area contributed by atoms with Crippen LogP contribution in [-0.2, 0) is 4.79 Å². The van der Waals surface area contributed by atoms with Crippen LogP contribution in [0.4, 0.5) is 4.39 Å². The fraction of sp³-hybridized carbons (Fsp3) is 0.364. The van der Waals surface area contributed by atoms with E-state index in [2.05, 4.69) is 4.98 Å². The van der Waals surface area contributed by atoms with E-state index in [0.29, 0.717) is 22.6 Å². The minimum absolute atomic E-state index is 0.0811. The number of halogens is 1. The van der Waals surface area contributed by atoms with Gasteiger partial charge in [0.1, 0.15) is 17.4 Å². The lowest BCUT2D eigenvalue weighted by molar-refractivity contribution is -0.139. The van der Waals surface area contributed by atoms with Crippen LogP contribution < -0.4 is 0 Å². The second kappa shape index (κ2) is 6.48. The quantitative estimate of drug-likeness (QED) is 0.650. The zero-order valence-electron chi connectivity index (χ0n) is 15.0. The molecule has 5 rings (SSSR count). The van der Waals surface area contributed by atoms with Crippen molar-refractivity contribution in [3.8, 4) is 11.1 Å². The van der Waals surface area contributed by atoms with E-state index >= 15 is 0 Å². The number of carbonyl (C=O) groups is 1. The Morgan fingerprint density at radius 2 is 1.96 bits per heavy atom. The molecule has 0 spiro atoms. The first-order chi connectivity index (χ1) is 13.2. The summed E-state index contributed by atoms with van der Waals surface area (Å²) in [6.07, 6.45) is 5.01. The largest absolute Gasteiger partial charge is 0.438 e. The Hall–Kier alpha value is -2.69. The number of benzene rings is 2. The van der Waals surface area contributed by atoms with E-state index in [4.69, 9.17) is 4.42 Å². The standard InChI is InChI=1S/C22H21FN2O2/c23-17-8-2-1-7-16(17)15-10-11-20-18(13-15)24-21(27-20)19-9-4-12-25(19)22(26)14-5-3-6-14/h1-2,7-8,10-11,13-14,19H,3-6,9,12H2/t19-/m1/s1. The molecule has 1 atom stereocenters. The predicted molar refractivity (Wildman–Crippen MR) is 100 cm³/mol. The van der Waals surface area contributed by atoms with Crippen LogP contribution in [0.5, 0.6) is 0 Å². The predicted octanol–water partition coefficient (Wildman–Crippen LogP) is 5.10. The zero-order chi connectivity index (χ0) is 18.4. The van der Waals surface area contributed by atoms with E-state index in [9.17, 15) is 9.18 Å². The number of carbonyl (C=O) groups excluding carboxylic acids is 1. The Morgan fingerprint density at radius 3 is 2.74 bits per heavy atom. The van der Waals surface area contributed by atoms with Gasteiger partial charge in [-0.1, -0.05) is 30.7 Å². The summed E-state index contributed by atoms with van der Waals surface area (Å²) in [5.41, 5.74) is 2.70. The van der Waals surface area contributed by atoms with Gasteiger partial charge >= 0.3 is 0 Å². The van der Waals surface area contributed by atoms with Crippen LogP contribution in [0.2, 0.25) is 0 Å². The Kier molecular flexibility index (Phi) is 3.96. The molecule has 2 heterocycles. The average Bonchev–Trinajstić information content (AvgIpc) is 3.26. The van der Waals surface area contributed by atoms with Gasteiger partial charge in [-0.25, -0.2) is 9.37 Å². The number of amides is 1. The molecule has 1 amide bonds. The highest BCUT2D eigenvalue weighted by Gasteiger charge is 2.38. The minimum Gasteiger partial charge on any atom is -0.438 e. The maximum absolute atomic E-state index is 14.1. The van der Waals surface area contributed by atoms with E-state index in [-0.39, 0.29) is 23.7 Å². The number of aromatic nitrogens is 1. The van der Waals surface area contributed by atoms with Gasteiger partial charge in [-0.3, -0.25) is 4.79 Å². The van der Waals surface area contributed by atoms with Crippen molar-refractivity contribution in [1.29, 1.82) is 0 Å². The summed E-state index contributed by atoms with van der Waals surface area (Å²) in [6.45, 7) is 0.777. The highest BCUT2D eigenvalue weighted by Crippen LogP contribution is 2.38. The third-order valence-corrected chi connectivity index (χ3v) is 5.86. The fourth-order valence-electron chi connectivity index (χ4n) is 4.13. The number of nitrogens with zero attached hydrogens (tertiary/aromatic N) is 2. The summed E-state index contributed by atoms with van der Waals surface area (Å²) < 4.78 is 20.1. The van der Waals surface area contributed by atoms with Crippen LogP contribution in [0.1, 0.15) is 44.0 Å². The Bertz CT molecular complexity index is 1010. The summed E-state index contributed by atoms with van der Waals surface area (Å²) in [6, 6.07) is 12.2. The van der Waals surface area contributed by atoms with Gasteiger partial charge in [0.25, 0.3) is 0 Å². The third kappa shape index (κ3) is 2.82. The summed E-state index contributed by atoms with van der Waals surface area (Å²) in [7, 11) is 0. The number of oxazole rings is 1. The molecule has 4 nitrogen and oxygen atoms in total. The summed E-state index contributed by atoms with van der Waals surface area (Å²) >= 11 is 0. The molecular weight excluding hydrogens is 343 g/mol. The Labute approximate surface area is 157 Å². The zero-order valence-corrected chi connectivity index (χ0v) is 15.0. The molecule has 0 bridgehead atoms. The molecule has 1 aliphatic carbocycles. The van der Waals surface area contributed by atoms with Gasteiger partial charge in [-0.2, -0.15) is 0 Å². The second-order valence-electron chi connectivity index (χ2n) is 7.53. The smallest absolute Gasteiger partial charge is 0.226 e. The van der Waals surface area contributed by atoms with Crippen LogP contribution >= 0.6 is 0 Å². The maximum atomic E-state index is 14.1. The first-order valence-corrected chi connectivity index (χ1v) is 9.66. The molecule has 138 valence electrons. The van der Waals surface area contributed by atoms with Crippen molar-refractivity contribution in [2.45, 2.75) is 38.1 Å². The molecule has 1 saturated heterocycles. The Morgan fingerprint density at radius 1 is 1.11 bits per heavy atom. The summed E-state index contributed by atoms with van der Waals surface area (Å²) in [4.78, 5) is 19.3. The lowest BCUT2D eigenvalue weighted by atomic mass is 9.84. The molecular formula is C22H21FN2O2. The number of hydrogen-bond acceptors (Lipinski definition) is 3. The number of fused-ring (bicyclic) bond motifs is 1. The monoisotopic (exact) mass is 364 g/mol. The van der Waals surface area contributed by atoms with Crippen LogP contribution in [0.25, 0.3) is 22.2 Å². The van der Waals surface area contributed by atoms with Crippen molar-refractivity contribution in [3.63, 3.8) is 0 Å². The highest BCUT2D eigenvalue weighted by molar-refractivity contribution is 5.82. The molecule has 0 radical (unpaired) electrons. The number of likely N-dealkylation sites (tertiary alicyclic amines) is 1. The SMILES string of the molecule is O=C(C1CCC1)N1CCC[C@@H]1c1nc2cc(-c3ccccc3F)ccc2o1. The lowest BCUT2D eigenvalue weighted by Crippen LogP contribution is -2.38. The highest BCUT2D eigenvalue weighted by atomic mass is 19.1. The number of hydrogen-bond donors (Lipinski definition) is 0.